The van der Waals surface area contributed by atoms with E-state index in [0.29, 0.717) is 51.7 Å². The lowest BCUT2D eigenvalue weighted by Crippen LogP contribution is -2.79. The van der Waals surface area contributed by atoms with Crippen molar-refractivity contribution in [2.75, 3.05) is 68.2 Å². The van der Waals surface area contributed by atoms with Crippen molar-refractivity contribution in [2.24, 2.45) is 28.1 Å². The van der Waals surface area contributed by atoms with Gasteiger partial charge in [-0.25, -0.2) is 9.59 Å². The molecule has 2 aliphatic carbocycles. The molecule has 8 aliphatic rings. The number of aliphatic hydroxyl groups is 1. The number of hydrogen-bond acceptors (Lipinski definition) is 13. The topological polar surface area (TPSA) is 144 Å². The number of methoxy groups -OCH3 is 4. The molecule has 1 aromatic carbocycles. The third kappa shape index (κ3) is 5.53. The molecule has 324 valence electrons. The highest BCUT2D eigenvalue weighted by molar-refractivity contribution is 6.67. The molecule has 1 aromatic rings. The largest absolute Gasteiger partial charge is 0.468 e. The maximum atomic E-state index is 15.4. The highest BCUT2D eigenvalue weighted by Crippen LogP contribution is 2.70. The summed E-state index contributed by atoms with van der Waals surface area (Å²) in [6.07, 6.45) is 11.3. The van der Waals surface area contributed by atoms with Crippen LogP contribution in [0.15, 0.2) is 70.9 Å². The van der Waals surface area contributed by atoms with Gasteiger partial charge in [0.05, 0.1) is 44.5 Å². The highest BCUT2D eigenvalue weighted by atomic mass is 16.6. The zero-order valence-electron chi connectivity index (χ0n) is 36.6. The van der Waals surface area contributed by atoms with E-state index in [1.165, 1.54) is 33.8 Å². The Balaban J connectivity index is 1.32. The lowest BCUT2D eigenvalue weighted by Gasteiger charge is -2.63. The van der Waals surface area contributed by atoms with Crippen molar-refractivity contribution in [1.82, 2.24) is 14.7 Å². The predicted molar refractivity (Wildman–Crippen MR) is 228 cm³/mol. The molecule has 11 atom stereocenters. The minimum Gasteiger partial charge on any atom is -0.468 e. The third-order valence-electron chi connectivity index (χ3n) is 16.0. The number of allylic oxidation sites excluding steroid dienone is 1. The molecular formula is C47H58BN3O10. The highest BCUT2D eigenvalue weighted by Gasteiger charge is 2.81. The van der Waals surface area contributed by atoms with Gasteiger partial charge in [-0.3, -0.25) is 19.4 Å². The van der Waals surface area contributed by atoms with Gasteiger partial charge in [0.2, 0.25) is 5.60 Å². The summed E-state index contributed by atoms with van der Waals surface area (Å²) >= 11 is 0. The number of likely N-dealkylation sites (tertiary alicyclic amines) is 1. The fourth-order valence-electron chi connectivity index (χ4n) is 13.9. The normalized spacial score (nSPS) is 37.9. The number of rotatable bonds is 8. The first kappa shape index (κ1) is 41.8. The van der Waals surface area contributed by atoms with Crippen LogP contribution >= 0.6 is 0 Å². The number of nitrogens with zero attached hydrogens (tertiary/aromatic N) is 3. The molecule has 1 saturated carbocycles. The second kappa shape index (κ2) is 14.8. The minimum atomic E-state index is -2.29. The number of esters is 4. The second-order valence-corrected chi connectivity index (χ2v) is 18.5. The van der Waals surface area contributed by atoms with E-state index in [-0.39, 0.29) is 17.9 Å². The molecule has 3 fully saturated rings. The van der Waals surface area contributed by atoms with Gasteiger partial charge in [-0.2, -0.15) is 0 Å². The molecule has 0 amide bonds. The van der Waals surface area contributed by atoms with Crippen LogP contribution in [0.25, 0.3) is 5.57 Å². The second-order valence-electron chi connectivity index (χ2n) is 18.5. The van der Waals surface area contributed by atoms with Crippen LogP contribution in [0.3, 0.4) is 0 Å². The number of fused-ring (bicyclic) bond motifs is 5. The van der Waals surface area contributed by atoms with Gasteiger partial charge in [-0.1, -0.05) is 60.7 Å². The molecule has 13 nitrogen and oxygen atoms in total. The quantitative estimate of drug-likeness (QED) is 0.178. The van der Waals surface area contributed by atoms with Crippen LogP contribution in [0.1, 0.15) is 62.4 Å². The summed E-state index contributed by atoms with van der Waals surface area (Å²) in [5, 5.41) is 13.4. The summed E-state index contributed by atoms with van der Waals surface area (Å²) in [6.45, 7) is 8.98. The summed E-state index contributed by atoms with van der Waals surface area (Å²) < 4.78 is 29.3. The molecule has 0 radical (unpaired) electrons. The molecular weight excluding hydrogens is 777 g/mol. The van der Waals surface area contributed by atoms with Crippen molar-refractivity contribution >= 4 is 42.2 Å². The van der Waals surface area contributed by atoms with Crippen molar-refractivity contribution in [3.05, 3.63) is 82.0 Å². The van der Waals surface area contributed by atoms with Gasteiger partial charge in [0.1, 0.15) is 0 Å². The van der Waals surface area contributed by atoms with Crippen LogP contribution in [0.5, 0.6) is 0 Å². The number of hydrogen-bond donors (Lipinski definition) is 1. The molecule has 2 bridgehead atoms. The third-order valence-corrected chi connectivity index (χ3v) is 16.0. The zero-order valence-corrected chi connectivity index (χ0v) is 36.6. The van der Waals surface area contributed by atoms with E-state index in [0.717, 1.165) is 52.9 Å². The van der Waals surface area contributed by atoms with Crippen molar-refractivity contribution < 1.29 is 48.0 Å². The number of likely N-dealkylation sites (N-methyl/N-ethyl adjacent to an activating group) is 1. The molecule has 1 spiro atoms. The van der Waals surface area contributed by atoms with Crippen molar-refractivity contribution in [3.8, 4) is 0 Å². The van der Waals surface area contributed by atoms with E-state index >= 15 is 4.79 Å². The van der Waals surface area contributed by atoms with Crippen molar-refractivity contribution in [2.45, 2.75) is 76.3 Å². The molecule has 3 unspecified atom stereocenters. The van der Waals surface area contributed by atoms with Gasteiger partial charge < -0.3 is 33.7 Å². The molecule has 2 saturated heterocycles. The Hall–Kier alpha value is -4.50. The van der Waals surface area contributed by atoms with Gasteiger partial charge in [0.15, 0.2) is 13.4 Å². The van der Waals surface area contributed by atoms with Crippen LogP contribution in [0.2, 0.25) is 0 Å². The Morgan fingerprint density at radius 1 is 0.967 bits per heavy atom. The maximum Gasteiger partial charge on any atom is 0.344 e. The van der Waals surface area contributed by atoms with E-state index < -0.39 is 63.9 Å². The molecule has 61 heavy (non-hydrogen) atoms. The van der Waals surface area contributed by atoms with Crippen LogP contribution < -0.4 is 5.46 Å². The lowest BCUT2D eigenvalue weighted by atomic mass is 9.46. The maximum absolute atomic E-state index is 15.4. The smallest absolute Gasteiger partial charge is 0.344 e. The first-order valence-corrected chi connectivity index (χ1v) is 21.8. The van der Waals surface area contributed by atoms with Gasteiger partial charge in [-0.15, -0.1) is 0 Å². The summed E-state index contributed by atoms with van der Waals surface area (Å²) in [4.78, 5) is 62.7. The number of carbonyl (C=O) groups is 4. The fraction of sp³-hybridized carbons (Fsp3) is 0.574. The Bertz CT molecular complexity index is 2250. The van der Waals surface area contributed by atoms with Gasteiger partial charge >= 0.3 is 23.9 Å². The van der Waals surface area contributed by atoms with Crippen LogP contribution in [0, 0.1) is 28.1 Å². The summed E-state index contributed by atoms with van der Waals surface area (Å²) in [5.74, 6) is -2.81. The van der Waals surface area contributed by atoms with Crippen LogP contribution in [-0.2, 0) is 38.1 Å². The Morgan fingerprint density at radius 2 is 1.74 bits per heavy atom. The van der Waals surface area contributed by atoms with Crippen LogP contribution in [-0.4, -0.2) is 149 Å². The summed E-state index contributed by atoms with van der Waals surface area (Å²) in [7, 11) is 8.13. The number of benzene rings is 1. The van der Waals surface area contributed by atoms with E-state index in [1.807, 2.05) is 31.0 Å². The number of ether oxygens (including phenoxy) is 5. The number of carbonyl (C=O) groups excluding carboxylic acids is 4. The van der Waals surface area contributed by atoms with E-state index in [9.17, 15) is 19.5 Å². The Morgan fingerprint density at radius 3 is 2.41 bits per heavy atom. The van der Waals surface area contributed by atoms with Crippen molar-refractivity contribution in [1.29, 1.82) is 0 Å². The average molecular weight is 836 g/mol. The monoisotopic (exact) mass is 835 g/mol. The first-order chi connectivity index (χ1) is 29.2. The van der Waals surface area contributed by atoms with Crippen LogP contribution in [0.4, 0.5) is 0 Å². The predicted octanol–water partition coefficient (Wildman–Crippen LogP) is 2.74. The molecule has 14 heteroatoms. The van der Waals surface area contributed by atoms with Gasteiger partial charge in [0, 0.05) is 75.7 Å². The molecule has 1 N–H and O–H groups in total. The van der Waals surface area contributed by atoms with Gasteiger partial charge in [-0.05, 0) is 73.1 Å². The summed E-state index contributed by atoms with van der Waals surface area (Å²) in [6, 6.07) is 4.50. The lowest BCUT2D eigenvalue weighted by molar-refractivity contribution is -0.243. The molecule has 6 heterocycles. The Labute approximate surface area is 358 Å². The van der Waals surface area contributed by atoms with Crippen molar-refractivity contribution in [3.63, 3.8) is 0 Å². The average Bonchev–Trinajstić information content (AvgIpc) is 3.91. The molecule has 9 rings (SSSR count). The van der Waals surface area contributed by atoms with E-state index in [4.69, 9.17) is 23.7 Å². The SMILES string of the molecule is CCC1=C[C@H]2CN(C1)CC1=C(Bc3ccc(C(=O)OC)cc31)[C@@](C(=O)OC)(C1C=C3C(=CC1OC)N(C)[C@H]1[C@@](O)(C(=O)OC)[C@H](OC(C)=O)[C@]4(CC)C=CCN5CC[C@]31[C@@H]54)C2. The van der Waals surface area contributed by atoms with E-state index in [1.54, 1.807) is 13.2 Å². The standard InChI is InChI=1S/C47H58BN3O10/c1-9-27-18-28-22-46(42(54)59-7,37-31(25-50(23-27)24-28)30-19-29(38(53)58-6)12-13-34(30)48-37)33-20-32-35(21-36(33)57-5)49(4)40-45(32)15-17-51-16-11-14-44(10-2,39(45)51)41(61-26(3)52)47(40,56)43(55)60-8/h11-14,18-21,28,33,36,39-41,48,56H,9-10,15-17,22-25H2,1-8H3/t28-,33?,36?,39+,40-,41-,44-,45-,46+,47+/m1/s1. The molecule has 0 aromatic heterocycles. The molecule has 6 aliphatic heterocycles. The fourth-order valence-corrected chi connectivity index (χ4v) is 13.9. The van der Waals surface area contributed by atoms with E-state index in [2.05, 4.69) is 47.1 Å². The van der Waals surface area contributed by atoms with Gasteiger partial charge in [0.25, 0.3) is 0 Å². The summed E-state index contributed by atoms with van der Waals surface area (Å²) in [5.41, 5.74) is 2.06. The zero-order chi connectivity index (χ0) is 43.4. The first-order valence-electron chi connectivity index (χ1n) is 21.8. The minimum absolute atomic E-state index is 0.0198. The Kier molecular flexibility index (Phi) is 10.2.